The molecule has 0 atom stereocenters. The fourth-order valence-electron chi connectivity index (χ4n) is 1.59. The van der Waals surface area contributed by atoms with E-state index in [4.69, 9.17) is 11.6 Å². The zero-order chi connectivity index (χ0) is 11.5. The third-order valence-electron chi connectivity index (χ3n) is 2.50. The molecule has 0 aliphatic carbocycles. The summed E-state index contributed by atoms with van der Waals surface area (Å²) >= 11 is 5.67. The van der Waals surface area contributed by atoms with Gasteiger partial charge in [0, 0.05) is 12.3 Å². The van der Waals surface area contributed by atoms with Crippen molar-refractivity contribution >= 4 is 11.6 Å². The molecule has 4 heteroatoms. The first kappa shape index (κ1) is 11.1. The number of benzene rings is 1. The summed E-state index contributed by atoms with van der Waals surface area (Å²) < 4.78 is 1.81. The lowest BCUT2D eigenvalue weighted by Crippen LogP contribution is -1.98. The van der Waals surface area contributed by atoms with Crippen molar-refractivity contribution in [3.05, 3.63) is 41.2 Å². The second kappa shape index (κ2) is 4.66. The maximum absolute atomic E-state index is 5.67. The second-order valence-corrected chi connectivity index (χ2v) is 4.26. The van der Waals surface area contributed by atoms with Crippen molar-refractivity contribution in [2.24, 2.45) is 0 Å². The van der Waals surface area contributed by atoms with Crippen LogP contribution < -0.4 is 0 Å². The standard InChI is InChI=1S/C12H14ClN3/c1-9-3-4-10(2)12(7-9)16-8-11(5-6-13)14-15-16/h3-4,7-8H,5-6H2,1-2H3. The number of aryl methyl sites for hydroxylation is 3. The first-order valence-electron chi connectivity index (χ1n) is 5.25. The molecule has 2 rings (SSSR count). The molecular formula is C12H14ClN3. The van der Waals surface area contributed by atoms with Gasteiger partial charge in [0.2, 0.25) is 0 Å². The molecule has 0 radical (unpaired) electrons. The molecule has 16 heavy (non-hydrogen) atoms. The third kappa shape index (κ3) is 2.25. The number of hydrogen-bond donors (Lipinski definition) is 0. The van der Waals surface area contributed by atoms with Crippen LogP contribution in [0.4, 0.5) is 0 Å². The number of hydrogen-bond acceptors (Lipinski definition) is 2. The minimum Gasteiger partial charge on any atom is -0.220 e. The molecule has 1 heterocycles. The molecule has 0 unspecified atom stereocenters. The number of aromatic nitrogens is 3. The molecule has 0 amide bonds. The van der Waals surface area contributed by atoms with Gasteiger partial charge < -0.3 is 0 Å². The average molecular weight is 236 g/mol. The summed E-state index contributed by atoms with van der Waals surface area (Å²) in [5.74, 6) is 0.575. The van der Waals surface area contributed by atoms with Gasteiger partial charge in [0.1, 0.15) is 0 Å². The number of rotatable bonds is 3. The van der Waals surface area contributed by atoms with E-state index in [2.05, 4.69) is 42.4 Å². The third-order valence-corrected chi connectivity index (χ3v) is 2.69. The van der Waals surface area contributed by atoms with Crippen molar-refractivity contribution in [1.82, 2.24) is 15.0 Å². The van der Waals surface area contributed by atoms with Gasteiger partial charge in [0.05, 0.1) is 17.6 Å². The lowest BCUT2D eigenvalue weighted by atomic mass is 10.1. The Labute approximate surface area is 100 Å². The van der Waals surface area contributed by atoms with Crippen LogP contribution in [0.3, 0.4) is 0 Å². The summed E-state index contributed by atoms with van der Waals surface area (Å²) in [5.41, 5.74) is 4.41. The van der Waals surface area contributed by atoms with Crippen LogP contribution in [0.25, 0.3) is 5.69 Å². The minimum atomic E-state index is 0.575. The number of nitrogens with zero attached hydrogens (tertiary/aromatic N) is 3. The van der Waals surface area contributed by atoms with Crippen molar-refractivity contribution in [2.75, 3.05) is 5.88 Å². The van der Waals surface area contributed by atoms with Crippen LogP contribution in [-0.2, 0) is 6.42 Å². The van der Waals surface area contributed by atoms with E-state index in [0.717, 1.165) is 17.8 Å². The number of halogens is 1. The summed E-state index contributed by atoms with van der Waals surface area (Å²) in [4.78, 5) is 0. The molecule has 0 N–H and O–H groups in total. The fourth-order valence-corrected chi connectivity index (χ4v) is 1.79. The van der Waals surface area contributed by atoms with E-state index in [1.54, 1.807) is 0 Å². The zero-order valence-electron chi connectivity index (χ0n) is 9.44. The van der Waals surface area contributed by atoms with Crippen LogP contribution in [0.2, 0.25) is 0 Å². The fraction of sp³-hybridized carbons (Fsp3) is 0.333. The highest BCUT2D eigenvalue weighted by Gasteiger charge is 2.05. The largest absolute Gasteiger partial charge is 0.220 e. The molecule has 3 nitrogen and oxygen atoms in total. The van der Waals surface area contributed by atoms with Gasteiger partial charge in [0.15, 0.2) is 0 Å². The molecule has 0 bridgehead atoms. The highest BCUT2D eigenvalue weighted by atomic mass is 35.5. The molecule has 0 aliphatic heterocycles. The van der Waals surface area contributed by atoms with Crippen LogP contribution in [0.5, 0.6) is 0 Å². The van der Waals surface area contributed by atoms with Gasteiger partial charge in [-0.3, -0.25) is 0 Å². The molecule has 84 valence electrons. The van der Waals surface area contributed by atoms with Crippen LogP contribution in [0.15, 0.2) is 24.4 Å². The second-order valence-electron chi connectivity index (χ2n) is 3.88. The Morgan fingerprint density at radius 3 is 2.88 bits per heavy atom. The van der Waals surface area contributed by atoms with Crippen LogP contribution in [0.1, 0.15) is 16.8 Å². The van der Waals surface area contributed by atoms with Crippen LogP contribution in [0, 0.1) is 13.8 Å². The Morgan fingerprint density at radius 1 is 1.31 bits per heavy atom. The average Bonchev–Trinajstić information content (AvgIpc) is 2.71. The smallest absolute Gasteiger partial charge is 0.0843 e. The molecule has 1 aromatic heterocycles. The van der Waals surface area contributed by atoms with Crippen molar-refractivity contribution in [3.8, 4) is 5.69 Å². The molecule has 0 spiro atoms. The molecule has 2 aromatic rings. The lowest BCUT2D eigenvalue weighted by Gasteiger charge is -2.05. The molecule has 0 saturated heterocycles. The minimum absolute atomic E-state index is 0.575. The summed E-state index contributed by atoms with van der Waals surface area (Å²) in [6.07, 6.45) is 2.69. The SMILES string of the molecule is Cc1ccc(C)c(-n2cc(CCCl)nn2)c1. The zero-order valence-corrected chi connectivity index (χ0v) is 10.2. The Hall–Kier alpha value is -1.35. The normalized spacial score (nSPS) is 10.7. The van der Waals surface area contributed by atoms with Crippen LogP contribution in [-0.4, -0.2) is 20.9 Å². The van der Waals surface area contributed by atoms with Gasteiger partial charge in [-0.1, -0.05) is 17.3 Å². The van der Waals surface area contributed by atoms with E-state index < -0.39 is 0 Å². The summed E-state index contributed by atoms with van der Waals surface area (Å²) in [5, 5.41) is 8.20. The summed E-state index contributed by atoms with van der Waals surface area (Å²) in [7, 11) is 0. The quantitative estimate of drug-likeness (QED) is 0.766. The van der Waals surface area contributed by atoms with Crippen molar-refractivity contribution in [3.63, 3.8) is 0 Å². The molecule has 1 aromatic carbocycles. The maximum atomic E-state index is 5.67. The van der Waals surface area contributed by atoms with Gasteiger partial charge in [-0.15, -0.1) is 16.7 Å². The van der Waals surface area contributed by atoms with Gasteiger partial charge in [-0.2, -0.15) is 0 Å². The summed E-state index contributed by atoms with van der Waals surface area (Å²) in [6, 6.07) is 6.29. The molecule has 0 fully saturated rings. The predicted molar refractivity (Wildman–Crippen MR) is 65.3 cm³/mol. The molecule has 0 saturated carbocycles. The van der Waals surface area contributed by atoms with E-state index >= 15 is 0 Å². The Kier molecular flexibility index (Phi) is 3.25. The van der Waals surface area contributed by atoms with Crippen molar-refractivity contribution in [2.45, 2.75) is 20.3 Å². The van der Waals surface area contributed by atoms with Gasteiger partial charge in [-0.05, 0) is 31.0 Å². The van der Waals surface area contributed by atoms with E-state index in [9.17, 15) is 0 Å². The predicted octanol–water partition coefficient (Wildman–Crippen LogP) is 2.67. The number of alkyl halides is 1. The molecule has 0 aliphatic rings. The Balaban J connectivity index is 2.38. The van der Waals surface area contributed by atoms with E-state index in [1.807, 2.05) is 10.9 Å². The Morgan fingerprint density at radius 2 is 2.12 bits per heavy atom. The Bertz CT molecular complexity index is 491. The topological polar surface area (TPSA) is 30.7 Å². The van der Waals surface area contributed by atoms with Crippen molar-refractivity contribution in [1.29, 1.82) is 0 Å². The monoisotopic (exact) mass is 235 g/mol. The summed E-state index contributed by atoms with van der Waals surface area (Å²) in [6.45, 7) is 4.14. The van der Waals surface area contributed by atoms with Gasteiger partial charge in [-0.25, -0.2) is 4.68 Å². The lowest BCUT2D eigenvalue weighted by molar-refractivity contribution is 0.793. The maximum Gasteiger partial charge on any atom is 0.0843 e. The van der Waals surface area contributed by atoms with Crippen LogP contribution >= 0.6 is 11.6 Å². The van der Waals surface area contributed by atoms with Gasteiger partial charge in [0.25, 0.3) is 0 Å². The highest BCUT2D eigenvalue weighted by molar-refractivity contribution is 6.17. The highest BCUT2D eigenvalue weighted by Crippen LogP contribution is 2.15. The van der Waals surface area contributed by atoms with E-state index in [1.165, 1.54) is 11.1 Å². The van der Waals surface area contributed by atoms with Crippen molar-refractivity contribution < 1.29 is 0 Å². The first-order chi connectivity index (χ1) is 7.70. The van der Waals surface area contributed by atoms with Gasteiger partial charge >= 0.3 is 0 Å². The van der Waals surface area contributed by atoms with E-state index in [-0.39, 0.29) is 0 Å². The van der Waals surface area contributed by atoms with E-state index in [0.29, 0.717) is 5.88 Å². The first-order valence-corrected chi connectivity index (χ1v) is 5.79. The molecular weight excluding hydrogens is 222 g/mol.